The van der Waals surface area contributed by atoms with Crippen molar-refractivity contribution < 1.29 is 4.48 Å². The monoisotopic (exact) mass is 304 g/mol. The van der Waals surface area contributed by atoms with Gasteiger partial charge in [-0.2, -0.15) is 0 Å². The molecule has 0 unspecified atom stereocenters. The fourth-order valence-corrected chi connectivity index (χ4v) is 3.26. The first-order valence-corrected chi connectivity index (χ1v) is 9.69. The van der Waals surface area contributed by atoms with Crippen molar-refractivity contribution in [3.63, 3.8) is 0 Å². The number of hydrogen-bond donors (Lipinski definition) is 0. The van der Waals surface area contributed by atoms with Gasteiger partial charge in [-0.15, -0.1) is 11.6 Å². The van der Waals surface area contributed by atoms with Crippen molar-refractivity contribution in [3.8, 4) is 0 Å². The zero-order valence-electron chi connectivity index (χ0n) is 14.4. The maximum atomic E-state index is 5.88. The Morgan fingerprint density at radius 1 is 0.550 bits per heavy atom. The Kier molecular flexibility index (Phi) is 14.4. The summed E-state index contributed by atoms with van der Waals surface area (Å²) in [6, 6.07) is 0. The van der Waals surface area contributed by atoms with Gasteiger partial charge in [0.05, 0.1) is 26.2 Å². The predicted molar refractivity (Wildman–Crippen MR) is 93.6 cm³/mol. The van der Waals surface area contributed by atoms with Crippen molar-refractivity contribution in [1.29, 1.82) is 0 Å². The average Bonchev–Trinajstić information content (AvgIpc) is 2.47. The molecule has 2 heteroatoms. The third-order valence-corrected chi connectivity index (χ3v) is 4.74. The van der Waals surface area contributed by atoms with Crippen molar-refractivity contribution in [2.24, 2.45) is 0 Å². The molecule has 0 rings (SSSR count). The fraction of sp³-hybridized carbons (Fsp3) is 1.00. The van der Waals surface area contributed by atoms with Crippen LogP contribution < -0.4 is 0 Å². The molecule has 0 aliphatic heterocycles. The minimum atomic E-state index is 0.831. The molecular weight excluding hydrogens is 266 g/mol. The molecule has 0 N–H and O–H groups in total. The summed E-state index contributed by atoms with van der Waals surface area (Å²) in [5.41, 5.74) is 0. The van der Waals surface area contributed by atoms with E-state index in [0.29, 0.717) is 0 Å². The molecule has 0 aromatic heterocycles. The van der Waals surface area contributed by atoms with E-state index in [1.807, 2.05) is 0 Å². The van der Waals surface area contributed by atoms with E-state index in [0.717, 1.165) is 5.88 Å². The highest BCUT2D eigenvalue weighted by molar-refractivity contribution is 6.17. The molecule has 0 saturated carbocycles. The highest BCUT2D eigenvalue weighted by Gasteiger charge is 2.25. The van der Waals surface area contributed by atoms with E-state index in [1.54, 1.807) is 0 Å². The number of quaternary nitrogens is 1. The van der Waals surface area contributed by atoms with Gasteiger partial charge in [-0.1, -0.05) is 46.5 Å². The summed E-state index contributed by atoms with van der Waals surface area (Å²) >= 11 is 5.88. The number of rotatable bonds is 15. The van der Waals surface area contributed by atoms with Crippen molar-refractivity contribution >= 4 is 11.6 Å². The summed E-state index contributed by atoms with van der Waals surface area (Å²) in [6.07, 6.45) is 13.5. The third-order valence-electron chi connectivity index (χ3n) is 4.47. The van der Waals surface area contributed by atoms with Gasteiger partial charge in [0.25, 0.3) is 0 Å². The standard InChI is InChI=1S/C18H39ClN/c1-4-7-10-12-17-20(15-8-5-2,16-9-6-3)18-13-11-14-19/h4-18H2,1-3H3/q+1. The van der Waals surface area contributed by atoms with Crippen LogP contribution in [0.1, 0.15) is 85.0 Å². The second-order valence-corrected chi connectivity index (χ2v) is 6.78. The van der Waals surface area contributed by atoms with Gasteiger partial charge in [0.1, 0.15) is 0 Å². The van der Waals surface area contributed by atoms with E-state index < -0.39 is 0 Å². The summed E-state index contributed by atoms with van der Waals surface area (Å²) in [7, 11) is 0. The molecule has 122 valence electrons. The summed E-state index contributed by atoms with van der Waals surface area (Å²) in [6.45, 7) is 12.5. The molecular formula is C18H39ClN+. The number of hydrogen-bond acceptors (Lipinski definition) is 0. The Labute approximate surface area is 133 Å². The lowest BCUT2D eigenvalue weighted by molar-refractivity contribution is -0.929. The highest BCUT2D eigenvalue weighted by atomic mass is 35.5. The summed E-state index contributed by atoms with van der Waals surface area (Å²) in [5, 5.41) is 0. The molecule has 0 fully saturated rings. The molecule has 0 spiro atoms. The zero-order valence-corrected chi connectivity index (χ0v) is 15.2. The predicted octanol–water partition coefficient (Wildman–Crippen LogP) is 6.00. The van der Waals surface area contributed by atoms with Gasteiger partial charge in [0, 0.05) is 5.88 Å². The molecule has 0 bridgehead atoms. The maximum Gasteiger partial charge on any atom is 0.0787 e. The summed E-state index contributed by atoms with van der Waals surface area (Å²) < 4.78 is 1.38. The molecule has 0 aromatic rings. The number of alkyl halides is 1. The molecule has 0 aliphatic rings. The van der Waals surface area contributed by atoms with E-state index in [4.69, 9.17) is 11.6 Å². The number of nitrogens with zero attached hydrogens (tertiary/aromatic N) is 1. The van der Waals surface area contributed by atoms with Crippen molar-refractivity contribution in [2.45, 2.75) is 85.0 Å². The number of unbranched alkanes of at least 4 members (excludes halogenated alkanes) is 6. The lowest BCUT2D eigenvalue weighted by Crippen LogP contribution is -2.50. The van der Waals surface area contributed by atoms with Gasteiger partial charge in [0.2, 0.25) is 0 Å². The van der Waals surface area contributed by atoms with Crippen LogP contribution in [0.2, 0.25) is 0 Å². The molecule has 0 saturated heterocycles. The van der Waals surface area contributed by atoms with E-state index >= 15 is 0 Å². The summed E-state index contributed by atoms with van der Waals surface area (Å²) in [4.78, 5) is 0. The van der Waals surface area contributed by atoms with Crippen LogP contribution in [0.25, 0.3) is 0 Å². The molecule has 20 heavy (non-hydrogen) atoms. The molecule has 0 aromatic carbocycles. The highest BCUT2D eigenvalue weighted by Crippen LogP contribution is 2.17. The van der Waals surface area contributed by atoms with Crippen LogP contribution in [0.5, 0.6) is 0 Å². The number of halogens is 1. The van der Waals surface area contributed by atoms with E-state index in [2.05, 4.69) is 20.8 Å². The van der Waals surface area contributed by atoms with Gasteiger partial charge >= 0.3 is 0 Å². The van der Waals surface area contributed by atoms with Crippen LogP contribution in [-0.4, -0.2) is 36.5 Å². The van der Waals surface area contributed by atoms with Gasteiger partial charge < -0.3 is 4.48 Å². The Hall–Kier alpha value is 0.250. The molecule has 0 radical (unpaired) electrons. The smallest absolute Gasteiger partial charge is 0.0787 e. The van der Waals surface area contributed by atoms with Gasteiger partial charge in [0.15, 0.2) is 0 Å². The normalized spacial score (nSPS) is 12.0. The minimum absolute atomic E-state index is 0.831. The lowest BCUT2D eigenvalue weighted by Gasteiger charge is -2.39. The third kappa shape index (κ3) is 10.0. The molecule has 0 atom stereocenters. The first kappa shape index (κ1) is 20.2. The average molecular weight is 305 g/mol. The van der Waals surface area contributed by atoms with Crippen molar-refractivity contribution in [1.82, 2.24) is 0 Å². The van der Waals surface area contributed by atoms with E-state index in [9.17, 15) is 0 Å². The molecule has 0 heterocycles. The van der Waals surface area contributed by atoms with Crippen LogP contribution in [0.15, 0.2) is 0 Å². The van der Waals surface area contributed by atoms with Crippen LogP contribution in [0, 0.1) is 0 Å². The molecule has 0 aliphatic carbocycles. The topological polar surface area (TPSA) is 0 Å². The second-order valence-electron chi connectivity index (χ2n) is 6.40. The summed E-state index contributed by atoms with van der Waals surface area (Å²) in [5.74, 6) is 0.831. The van der Waals surface area contributed by atoms with Crippen LogP contribution >= 0.6 is 11.6 Å². The minimum Gasteiger partial charge on any atom is -0.324 e. The van der Waals surface area contributed by atoms with Gasteiger partial charge in [-0.25, -0.2) is 0 Å². The second kappa shape index (κ2) is 14.2. The SMILES string of the molecule is CCCCCC[N+](CCCC)(CCCC)CCCCCl. The molecule has 1 nitrogen and oxygen atoms in total. The van der Waals surface area contributed by atoms with Gasteiger partial charge in [-0.3, -0.25) is 0 Å². The first-order chi connectivity index (χ1) is 9.74. The van der Waals surface area contributed by atoms with Crippen molar-refractivity contribution in [3.05, 3.63) is 0 Å². The first-order valence-electron chi connectivity index (χ1n) is 9.15. The lowest BCUT2D eigenvalue weighted by atomic mass is 10.1. The Morgan fingerprint density at radius 3 is 1.45 bits per heavy atom. The Balaban J connectivity index is 4.43. The van der Waals surface area contributed by atoms with Crippen molar-refractivity contribution in [2.75, 3.05) is 32.1 Å². The van der Waals surface area contributed by atoms with Crippen LogP contribution in [0.4, 0.5) is 0 Å². The Morgan fingerprint density at radius 2 is 1.00 bits per heavy atom. The Bertz CT molecular complexity index is 186. The quantitative estimate of drug-likeness (QED) is 0.198. The van der Waals surface area contributed by atoms with Gasteiger partial charge in [-0.05, 0) is 38.5 Å². The fourth-order valence-electron chi connectivity index (χ4n) is 3.07. The largest absolute Gasteiger partial charge is 0.324 e. The van der Waals surface area contributed by atoms with E-state index in [1.165, 1.54) is 94.9 Å². The van der Waals surface area contributed by atoms with Crippen LogP contribution in [-0.2, 0) is 0 Å². The molecule has 0 amide bonds. The maximum absolute atomic E-state index is 5.88. The van der Waals surface area contributed by atoms with E-state index in [-0.39, 0.29) is 0 Å². The zero-order chi connectivity index (χ0) is 15.1. The van der Waals surface area contributed by atoms with Crippen LogP contribution in [0.3, 0.4) is 0 Å².